The number of amides is 3. The van der Waals surface area contributed by atoms with Crippen LogP contribution in [0.2, 0.25) is 0 Å². The van der Waals surface area contributed by atoms with Gasteiger partial charge >= 0.3 is 0 Å². The van der Waals surface area contributed by atoms with E-state index < -0.39 is 27.9 Å². The van der Waals surface area contributed by atoms with Crippen molar-refractivity contribution in [1.29, 1.82) is 0 Å². The topological polar surface area (TPSA) is 104 Å². The van der Waals surface area contributed by atoms with Crippen LogP contribution in [-0.4, -0.2) is 54.0 Å². The number of halogens is 1. The third-order valence-corrected chi connectivity index (χ3v) is 9.99. The van der Waals surface area contributed by atoms with Crippen molar-refractivity contribution in [2.24, 2.45) is 0 Å². The molecule has 10 heteroatoms. The second kappa shape index (κ2) is 12.6. The quantitative estimate of drug-likeness (QED) is 0.348. The van der Waals surface area contributed by atoms with E-state index in [-0.39, 0.29) is 41.9 Å². The highest BCUT2D eigenvalue weighted by atomic mass is 79.9. The number of nitrogens with zero attached hydrogens (tertiary/aromatic N) is 2. The average molecular weight is 639 g/mol. The number of benzene rings is 3. The molecular weight excluding hydrogens is 606 g/mol. The Bertz CT molecular complexity index is 1540. The molecule has 0 radical (unpaired) electrons. The maximum Gasteiger partial charge on any atom is 0.269 e. The molecule has 2 aliphatic rings. The fourth-order valence-corrected chi connectivity index (χ4v) is 7.56. The first-order valence-electron chi connectivity index (χ1n) is 13.8. The van der Waals surface area contributed by atoms with E-state index in [1.54, 1.807) is 12.1 Å². The molecule has 3 aromatic rings. The summed E-state index contributed by atoms with van der Waals surface area (Å²) >= 11 is 3.48. The van der Waals surface area contributed by atoms with Gasteiger partial charge in [-0.25, -0.2) is 12.7 Å². The third-order valence-electron chi connectivity index (χ3n) is 7.66. The molecule has 1 heterocycles. The minimum Gasteiger partial charge on any atom is -0.352 e. The summed E-state index contributed by atoms with van der Waals surface area (Å²) < 4.78 is 27.8. The van der Waals surface area contributed by atoms with Gasteiger partial charge in [-0.2, -0.15) is 0 Å². The summed E-state index contributed by atoms with van der Waals surface area (Å²) in [5.41, 5.74) is 1.82. The minimum absolute atomic E-state index is 0.0543. The van der Waals surface area contributed by atoms with E-state index in [1.165, 1.54) is 17.0 Å². The van der Waals surface area contributed by atoms with Gasteiger partial charge < -0.3 is 10.2 Å². The largest absolute Gasteiger partial charge is 0.352 e. The van der Waals surface area contributed by atoms with Gasteiger partial charge in [-0.15, -0.1) is 0 Å². The number of nitrogens with one attached hydrogen (secondary N) is 1. The number of hydrogen-bond acceptors (Lipinski definition) is 5. The van der Waals surface area contributed by atoms with Gasteiger partial charge in [0.2, 0.25) is 11.8 Å². The summed E-state index contributed by atoms with van der Waals surface area (Å²) in [6, 6.07) is 22.3. The molecule has 1 atom stereocenters. The number of carbonyl (C=O) groups excluding carboxylic acids is 3. The SMILES string of the molecule is O=C(NC1CCCC1)[C@H](Cc1ccccc1)N(Cc1cccc(Br)c1)C(=O)CCN1C(=O)c2ccccc2S1(=O)=O. The Kier molecular flexibility index (Phi) is 8.89. The van der Waals surface area contributed by atoms with Crippen molar-refractivity contribution in [2.45, 2.75) is 62.0 Å². The van der Waals surface area contributed by atoms with Crippen LogP contribution in [-0.2, 0) is 32.6 Å². The number of fused-ring (bicyclic) bond motifs is 1. The Hall–Kier alpha value is -3.50. The van der Waals surface area contributed by atoms with Gasteiger partial charge in [0.25, 0.3) is 15.9 Å². The van der Waals surface area contributed by atoms with Crippen molar-refractivity contribution in [3.8, 4) is 0 Å². The van der Waals surface area contributed by atoms with E-state index >= 15 is 0 Å². The van der Waals surface area contributed by atoms with Crippen LogP contribution in [0.1, 0.15) is 53.6 Å². The first-order valence-corrected chi connectivity index (χ1v) is 16.0. The lowest BCUT2D eigenvalue weighted by Gasteiger charge is -2.33. The summed E-state index contributed by atoms with van der Waals surface area (Å²) in [7, 11) is -4.05. The molecule has 0 unspecified atom stereocenters. The Labute approximate surface area is 248 Å². The van der Waals surface area contributed by atoms with Gasteiger partial charge in [-0.3, -0.25) is 14.4 Å². The molecule has 0 aromatic heterocycles. The molecule has 1 aliphatic carbocycles. The van der Waals surface area contributed by atoms with Crippen molar-refractivity contribution in [1.82, 2.24) is 14.5 Å². The lowest BCUT2D eigenvalue weighted by molar-refractivity contribution is -0.141. The van der Waals surface area contributed by atoms with E-state index in [0.29, 0.717) is 6.42 Å². The highest BCUT2D eigenvalue weighted by molar-refractivity contribution is 9.10. The number of hydrogen-bond donors (Lipinski definition) is 1. The summed E-state index contributed by atoms with van der Waals surface area (Å²) in [5, 5.41) is 3.16. The van der Waals surface area contributed by atoms with Crippen LogP contribution in [0.5, 0.6) is 0 Å². The summed E-state index contributed by atoms with van der Waals surface area (Å²) in [6.45, 7) is -0.166. The second-order valence-electron chi connectivity index (χ2n) is 10.5. The first-order chi connectivity index (χ1) is 19.7. The summed E-state index contributed by atoms with van der Waals surface area (Å²) in [4.78, 5) is 42.2. The van der Waals surface area contributed by atoms with Crippen molar-refractivity contribution >= 4 is 43.7 Å². The van der Waals surface area contributed by atoms with Crippen molar-refractivity contribution in [2.75, 3.05) is 6.54 Å². The zero-order chi connectivity index (χ0) is 29.0. The second-order valence-corrected chi connectivity index (χ2v) is 13.2. The molecular formula is C31H32BrN3O5S. The molecule has 0 bridgehead atoms. The molecule has 0 saturated heterocycles. The fraction of sp³-hybridized carbons (Fsp3) is 0.323. The Morgan fingerprint density at radius 3 is 2.34 bits per heavy atom. The van der Waals surface area contributed by atoms with Gasteiger partial charge in [0.05, 0.1) is 5.56 Å². The van der Waals surface area contributed by atoms with E-state index in [2.05, 4.69) is 21.2 Å². The summed E-state index contributed by atoms with van der Waals surface area (Å²) in [6.07, 6.45) is 3.95. The zero-order valence-corrected chi connectivity index (χ0v) is 24.9. The van der Waals surface area contributed by atoms with Gasteiger partial charge in [0.15, 0.2) is 0 Å². The fourth-order valence-electron chi connectivity index (χ4n) is 5.55. The van der Waals surface area contributed by atoms with Crippen LogP contribution in [0.3, 0.4) is 0 Å². The van der Waals surface area contributed by atoms with E-state index in [4.69, 9.17) is 0 Å². The Balaban J connectivity index is 1.43. The van der Waals surface area contributed by atoms with Crippen LogP contribution < -0.4 is 5.32 Å². The van der Waals surface area contributed by atoms with E-state index in [9.17, 15) is 22.8 Å². The molecule has 214 valence electrons. The monoisotopic (exact) mass is 637 g/mol. The molecule has 0 spiro atoms. The highest BCUT2D eigenvalue weighted by Gasteiger charge is 2.41. The summed E-state index contributed by atoms with van der Waals surface area (Å²) in [5.74, 6) is -1.29. The number of carbonyl (C=O) groups is 3. The van der Waals surface area contributed by atoms with Gasteiger partial charge in [-0.05, 0) is 48.2 Å². The van der Waals surface area contributed by atoms with E-state index in [0.717, 1.165) is 45.6 Å². The first kappa shape index (κ1) is 29.0. The van der Waals surface area contributed by atoms with Crippen LogP contribution >= 0.6 is 15.9 Å². The maximum atomic E-state index is 14.0. The van der Waals surface area contributed by atoms with Gasteiger partial charge in [0, 0.05) is 36.4 Å². The lowest BCUT2D eigenvalue weighted by Crippen LogP contribution is -2.52. The molecule has 1 fully saturated rings. The highest BCUT2D eigenvalue weighted by Crippen LogP contribution is 2.30. The molecule has 1 N–H and O–H groups in total. The van der Waals surface area contributed by atoms with Gasteiger partial charge in [-0.1, -0.05) is 83.4 Å². The lowest BCUT2D eigenvalue weighted by atomic mass is 10.0. The zero-order valence-electron chi connectivity index (χ0n) is 22.5. The third kappa shape index (κ3) is 6.54. The average Bonchev–Trinajstić information content (AvgIpc) is 3.54. The minimum atomic E-state index is -4.05. The standard InChI is InChI=1S/C31H32BrN3O5S/c32-24-12-8-11-23(19-24)21-34(27(20-22-9-2-1-3-10-22)30(37)33-25-13-4-5-14-25)29(36)17-18-35-31(38)26-15-6-7-16-28(26)41(35,39)40/h1-3,6-12,15-16,19,25,27H,4-5,13-14,17-18,20-21H2,(H,33,37)/t27-/m0/s1. The van der Waals surface area contributed by atoms with E-state index in [1.807, 2.05) is 54.6 Å². The normalized spacial score (nSPS) is 16.8. The molecule has 3 amide bonds. The Morgan fingerprint density at radius 1 is 0.951 bits per heavy atom. The predicted molar refractivity (Wildman–Crippen MR) is 158 cm³/mol. The van der Waals surface area contributed by atoms with Crippen LogP contribution in [0.4, 0.5) is 0 Å². The number of rotatable bonds is 10. The van der Waals surface area contributed by atoms with Gasteiger partial charge in [0.1, 0.15) is 10.9 Å². The smallest absolute Gasteiger partial charge is 0.269 e. The van der Waals surface area contributed by atoms with Crippen molar-refractivity contribution in [3.05, 3.63) is 100 Å². The molecule has 1 saturated carbocycles. The van der Waals surface area contributed by atoms with Crippen molar-refractivity contribution in [3.63, 3.8) is 0 Å². The Morgan fingerprint density at radius 2 is 1.63 bits per heavy atom. The van der Waals surface area contributed by atoms with Crippen LogP contribution in [0, 0.1) is 0 Å². The predicted octanol–water partition coefficient (Wildman–Crippen LogP) is 4.68. The molecule has 5 rings (SSSR count). The molecule has 41 heavy (non-hydrogen) atoms. The molecule has 8 nitrogen and oxygen atoms in total. The molecule has 1 aliphatic heterocycles. The van der Waals surface area contributed by atoms with Crippen molar-refractivity contribution < 1.29 is 22.8 Å². The van der Waals surface area contributed by atoms with Crippen LogP contribution in [0.25, 0.3) is 0 Å². The molecule has 3 aromatic carbocycles. The number of sulfonamides is 1. The van der Waals surface area contributed by atoms with Crippen LogP contribution in [0.15, 0.2) is 88.2 Å². The maximum absolute atomic E-state index is 14.0.